The first-order chi connectivity index (χ1) is 11.4. The third-order valence-corrected chi connectivity index (χ3v) is 6.33. The Morgan fingerprint density at radius 2 is 1.96 bits per heavy atom. The van der Waals surface area contributed by atoms with E-state index in [-0.39, 0.29) is 28.7 Å². The molecule has 0 bridgehead atoms. The van der Waals surface area contributed by atoms with E-state index in [1.165, 1.54) is 18.3 Å². The van der Waals surface area contributed by atoms with Gasteiger partial charge in [-0.15, -0.1) is 0 Å². The largest absolute Gasteiger partial charge is 0.396 e. The normalized spacial score (nSPS) is 12.0. The van der Waals surface area contributed by atoms with Crippen LogP contribution in [0.1, 0.15) is 11.1 Å². The Balaban J connectivity index is 2.33. The van der Waals surface area contributed by atoms with E-state index in [0.29, 0.717) is 15.4 Å². The Labute approximate surface area is 153 Å². The minimum Gasteiger partial charge on any atom is -0.396 e. The summed E-state index contributed by atoms with van der Waals surface area (Å²) in [5.74, 6) is 0. The summed E-state index contributed by atoms with van der Waals surface area (Å²) in [6.07, 6.45) is 1.76. The van der Waals surface area contributed by atoms with Crippen molar-refractivity contribution in [3.63, 3.8) is 0 Å². The second-order valence-electron chi connectivity index (χ2n) is 5.35. The first kappa shape index (κ1) is 17.4. The van der Waals surface area contributed by atoms with Gasteiger partial charge < -0.3 is 5.11 Å². The van der Waals surface area contributed by atoms with E-state index in [1.54, 1.807) is 18.2 Å². The van der Waals surface area contributed by atoms with Gasteiger partial charge in [-0.1, -0.05) is 29.3 Å². The number of nitrogens with zero attached hydrogens (tertiary/aromatic N) is 2. The third kappa shape index (κ3) is 2.86. The van der Waals surface area contributed by atoms with E-state index in [0.717, 1.165) is 9.54 Å². The Morgan fingerprint density at radius 3 is 2.58 bits per heavy atom. The number of halogens is 2. The maximum Gasteiger partial charge on any atom is 0.270 e. The molecule has 3 rings (SSSR count). The van der Waals surface area contributed by atoms with Crippen molar-refractivity contribution >= 4 is 48.6 Å². The Bertz CT molecular complexity index is 1010. The molecule has 8 heteroatoms. The quantitative estimate of drug-likeness (QED) is 0.688. The molecule has 0 aliphatic rings. The maximum absolute atomic E-state index is 13.0. The summed E-state index contributed by atoms with van der Waals surface area (Å²) in [5, 5.41) is 9.93. The molecule has 0 saturated heterocycles. The second kappa shape index (κ2) is 6.48. The van der Waals surface area contributed by atoms with Crippen LogP contribution in [-0.2, 0) is 16.4 Å². The van der Waals surface area contributed by atoms with Gasteiger partial charge in [-0.2, -0.15) is 0 Å². The lowest BCUT2D eigenvalue weighted by molar-refractivity contribution is 0.300. The molecule has 0 saturated carbocycles. The van der Waals surface area contributed by atoms with E-state index >= 15 is 0 Å². The highest BCUT2D eigenvalue weighted by atomic mass is 79.9. The number of aliphatic hydroxyl groups excluding tert-OH is 1. The minimum absolute atomic E-state index is 0.0465. The number of rotatable bonds is 4. The zero-order valence-electron chi connectivity index (χ0n) is 12.7. The number of hydrogen-bond acceptors (Lipinski definition) is 4. The average Bonchev–Trinajstić information content (AvgIpc) is 2.81. The molecular formula is C16H14BrClN2O3S. The monoisotopic (exact) mass is 428 g/mol. The van der Waals surface area contributed by atoms with Gasteiger partial charge in [0.2, 0.25) is 0 Å². The smallest absolute Gasteiger partial charge is 0.270 e. The molecule has 1 aromatic carbocycles. The number of fused-ring (bicyclic) bond motifs is 1. The molecule has 2 heterocycles. The van der Waals surface area contributed by atoms with Crippen molar-refractivity contribution in [2.75, 3.05) is 6.61 Å². The molecule has 24 heavy (non-hydrogen) atoms. The summed E-state index contributed by atoms with van der Waals surface area (Å²) in [7, 11) is -3.90. The molecular weight excluding hydrogens is 416 g/mol. The van der Waals surface area contributed by atoms with Gasteiger partial charge in [-0.25, -0.2) is 17.4 Å². The van der Waals surface area contributed by atoms with Crippen LogP contribution in [0.4, 0.5) is 0 Å². The number of aryl methyl sites for hydroxylation is 1. The van der Waals surface area contributed by atoms with Crippen LogP contribution < -0.4 is 0 Å². The molecule has 0 radical (unpaired) electrons. The molecule has 0 amide bonds. The van der Waals surface area contributed by atoms with Crippen LogP contribution >= 0.6 is 27.5 Å². The van der Waals surface area contributed by atoms with Crippen molar-refractivity contribution in [1.29, 1.82) is 0 Å². The number of pyridine rings is 1. The van der Waals surface area contributed by atoms with E-state index in [2.05, 4.69) is 20.9 Å². The van der Waals surface area contributed by atoms with Crippen molar-refractivity contribution < 1.29 is 13.5 Å². The van der Waals surface area contributed by atoms with Crippen LogP contribution in [-0.4, -0.2) is 29.1 Å². The predicted molar refractivity (Wildman–Crippen MR) is 97.0 cm³/mol. The molecule has 126 valence electrons. The van der Waals surface area contributed by atoms with E-state index in [4.69, 9.17) is 11.6 Å². The standard InChI is InChI=1S/C16H14BrClN2O3S/c1-10-2-4-12(5-3-10)24(22,23)20-15(18)13(6-7-21)14-8-11(17)9-19-16(14)20/h2-5,8-9,21H,6-7H2,1H3. The predicted octanol–water partition coefficient (Wildman–Crippen LogP) is 3.53. The maximum atomic E-state index is 13.0. The average molecular weight is 430 g/mol. The highest BCUT2D eigenvalue weighted by molar-refractivity contribution is 9.10. The highest BCUT2D eigenvalue weighted by Crippen LogP contribution is 2.34. The van der Waals surface area contributed by atoms with Gasteiger partial charge in [0.15, 0.2) is 5.65 Å². The Kier molecular flexibility index (Phi) is 4.70. The fourth-order valence-electron chi connectivity index (χ4n) is 2.53. The summed E-state index contributed by atoms with van der Waals surface area (Å²) in [4.78, 5) is 4.36. The molecule has 2 aromatic heterocycles. The van der Waals surface area contributed by atoms with Gasteiger partial charge in [0.25, 0.3) is 10.0 Å². The number of benzene rings is 1. The molecule has 0 fully saturated rings. The minimum atomic E-state index is -3.90. The SMILES string of the molecule is Cc1ccc(S(=O)(=O)n2c(Cl)c(CCO)c3cc(Br)cnc32)cc1. The summed E-state index contributed by atoms with van der Waals surface area (Å²) in [6, 6.07) is 8.28. The van der Waals surface area contributed by atoms with E-state index in [9.17, 15) is 13.5 Å². The topological polar surface area (TPSA) is 72.2 Å². The van der Waals surface area contributed by atoms with Gasteiger partial charge in [-0.05, 0) is 47.5 Å². The van der Waals surface area contributed by atoms with Gasteiger partial charge >= 0.3 is 0 Å². The van der Waals surface area contributed by atoms with Crippen molar-refractivity contribution in [3.8, 4) is 0 Å². The van der Waals surface area contributed by atoms with E-state index < -0.39 is 10.0 Å². The van der Waals surface area contributed by atoms with Gasteiger partial charge in [0.1, 0.15) is 5.15 Å². The lowest BCUT2D eigenvalue weighted by Crippen LogP contribution is -2.13. The Hall–Kier alpha value is -1.41. The van der Waals surface area contributed by atoms with E-state index in [1.807, 2.05) is 6.92 Å². The first-order valence-corrected chi connectivity index (χ1v) is 9.75. The van der Waals surface area contributed by atoms with Crippen LogP contribution in [0.5, 0.6) is 0 Å². The lowest BCUT2D eigenvalue weighted by Gasteiger charge is -2.09. The fraction of sp³-hybridized carbons (Fsp3) is 0.188. The number of aliphatic hydroxyl groups is 1. The third-order valence-electron chi connectivity index (χ3n) is 3.70. The van der Waals surface area contributed by atoms with Crippen LogP contribution in [0.15, 0.2) is 45.9 Å². The van der Waals surface area contributed by atoms with Crippen LogP contribution in [0, 0.1) is 6.92 Å². The molecule has 0 spiro atoms. The molecule has 5 nitrogen and oxygen atoms in total. The molecule has 3 aromatic rings. The summed E-state index contributed by atoms with van der Waals surface area (Å²) >= 11 is 9.69. The van der Waals surface area contributed by atoms with Gasteiger partial charge in [0, 0.05) is 28.2 Å². The van der Waals surface area contributed by atoms with Crippen LogP contribution in [0.3, 0.4) is 0 Å². The molecule has 0 unspecified atom stereocenters. The van der Waals surface area contributed by atoms with Crippen molar-refractivity contribution in [2.45, 2.75) is 18.2 Å². The van der Waals surface area contributed by atoms with Crippen LogP contribution in [0.2, 0.25) is 5.15 Å². The van der Waals surface area contributed by atoms with Crippen molar-refractivity contribution in [3.05, 3.63) is 57.3 Å². The highest BCUT2D eigenvalue weighted by Gasteiger charge is 2.27. The second-order valence-corrected chi connectivity index (χ2v) is 8.41. The van der Waals surface area contributed by atoms with Crippen LogP contribution in [0.25, 0.3) is 11.0 Å². The van der Waals surface area contributed by atoms with Crippen molar-refractivity contribution in [1.82, 2.24) is 8.96 Å². The number of hydrogen-bond donors (Lipinski definition) is 1. The summed E-state index contributed by atoms with van der Waals surface area (Å²) in [6.45, 7) is 1.74. The van der Waals surface area contributed by atoms with Gasteiger partial charge in [-0.3, -0.25) is 0 Å². The molecule has 0 aliphatic heterocycles. The summed E-state index contributed by atoms with van der Waals surface area (Å²) < 4.78 is 27.8. The zero-order valence-corrected chi connectivity index (χ0v) is 15.9. The lowest BCUT2D eigenvalue weighted by atomic mass is 10.2. The Morgan fingerprint density at radius 1 is 1.29 bits per heavy atom. The van der Waals surface area contributed by atoms with Crippen molar-refractivity contribution in [2.24, 2.45) is 0 Å². The number of aromatic nitrogens is 2. The molecule has 0 aliphatic carbocycles. The van der Waals surface area contributed by atoms with Gasteiger partial charge in [0.05, 0.1) is 4.90 Å². The molecule has 1 N–H and O–H groups in total. The first-order valence-electron chi connectivity index (χ1n) is 7.13. The fourth-order valence-corrected chi connectivity index (χ4v) is 4.79. The zero-order chi connectivity index (χ0) is 17.5. The molecule has 0 atom stereocenters. The summed E-state index contributed by atoms with van der Waals surface area (Å²) in [5.41, 5.74) is 1.76.